The third-order valence-corrected chi connectivity index (χ3v) is 12.8. The van der Waals surface area contributed by atoms with Gasteiger partial charge in [-0.15, -0.1) is 0 Å². The lowest BCUT2D eigenvalue weighted by atomic mass is 9.87. The standard InChI is InChI=1S/C67H64O26/c1-42(68)88-54-25-13-7-19-48(54)60(74)82-36-66(37-83-61(75)49-20-8-14-26-55(49)89-43(2)69,38-84-62(76)50-21-9-15-27-56(50)90-44(3)70)31-32-80-33-34-81-35-67(39-85-63(77)51-22-10-16-28-57(51)91-45(4)71,40-86-64(78)52-23-11-17-29-58(52)92-46(5)72)41-87-65(79)53-24-12-18-30-59(53)93-47(6)73/h7-30H,31-41H2,1-6H3. The van der Waals surface area contributed by atoms with Gasteiger partial charge in [-0.05, 0) is 79.2 Å². The van der Waals surface area contributed by atoms with Gasteiger partial charge in [-0.2, -0.15) is 0 Å². The van der Waals surface area contributed by atoms with E-state index in [1.807, 2.05) is 0 Å². The van der Waals surface area contributed by atoms with Crippen LogP contribution in [0.2, 0.25) is 0 Å². The fourth-order valence-corrected chi connectivity index (χ4v) is 8.44. The molecule has 0 heterocycles. The maximum Gasteiger partial charge on any atom is 0.341 e. The van der Waals surface area contributed by atoms with Crippen LogP contribution in [0.3, 0.4) is 0 Å². The molecule has 0 atom stereocenters. The molecule has 0 aromatic heterocycles. The largest absolute Gasteiger partial charge is 0.461 e. The predicted octanol–water partition coefficient (Wildman–Crippen LogP) is 8.08. The average Bonchev–Trinajstić information content (AvgIpc) is 1.07. The highest BCUT2D eigenvalue weighted by molar-refractivity contribution is 5.97. The molecule has 0 fully saturated rings. The Morgan fingerprint density at radius 1 is 0.247 bits per heavy atom. The molecule has 0 aliphatic heterocycles. The van der Waals surface area contributed by atoms with Crippen molar-refractivity contribution in [2.45, 2.75) is 48.0 Å². The van der Waals surface area contributed by atoms with Crippen molar-refractivity contribution >= 4 is 71.6 Å². The maximum atomic E-state index is 14.0. The van der Waals surface area contributed by atoms with E-state index in [0.29, 0.717) is 0 Å². The third-order valence-electron chi connectivity index (χ3n) is 12.8. The summed E-state index contributed by atoms with van der Waals surface area (Å²) < 4.78 is 78.7. The van der Waals surface area contributed by atoms with Crippen LogP contribution in [0.4, 0.5) is 0 Å². The van der Waals surface area contributed by atoms with Crippen LogP contribution in [0, 0.1) is 10.8 Å². The molecule has 488 valence electrons. The van der Waals surface area contributed by atoms with E-state index in [4.69, 9.17) is 66.3 Å². The third kappa shape index (κ3) is 22.1. The smallest absolute Gasteiger partial charge is 0.341 e. The van der Waals surface area contributed by atoms with Crippen LogP contribution in [0.1, 0.15) is 110 Å². The van der Waals surface area contributed by atoms with Crippen molar-refractivity contribution < 1.29 is 124 Å². The number of carbonyl (C=O) groups excluding carboxylic acids is 12. The Balaban J connectivity index is 1.32. The second-order valence-electron chi connectivity index (χ2n) is 20.4. The second kappa shape index (κ2) is 34.7. The van der Waals surface area contributed by atoms with Gasteiger partial charge in [0.15, 0.2) is 0 Å². The number of hydrogen-bond donors (Lipinski definition) is 0. The van der Waals surface area contributed by atoms with Crippen LogP contribution in [0.15, 0.2) is 146 Å². The summed E-state index contributed by atoms with van der Waals surface area (Å²) in [6.07, 6.45) is -0.284. The molecule has 6 aromatic carbocycles. The SMILES string of the molecule is CC(=O)Oc1ccccc1C(=O)OCC(CCOCCOCC(COC(=O)c1ccccc1OC(C)=O)(COC(=O)c1ccccc1OC(C)=O)COC(=O)c1ccccc1OC(C)=O)(COC(=O)c1ccccc1OC(C)=O)COC(=O)c1ccccc1OC(C)=O. The fourth-order valence-electron chi connectivity index (χ4n) is 8.44. The highest BCUT2D eigenvalue weighted by Gasteiger charge is 2.40. The number of benzene rings is 6. The highest BCUT2D eigenvalue weighted by Crippen LogP contribution is 2.32. The Labute approximate surface area is 532 Å². The molecule has 0 saturated heterocycles. The van der Waals surface area contributed by atoms with Crippen molar-refractivity contribution in [1.29, 1.82) is 0 Å². The van der Waals surface area contributed by atoms with E-state index in [2.05, 4.69) is 0 Å². The van der Waals surface area contributed by atoms with E-state index in [9.17, 15) is 57.5 Å². The summed E-state index contributed by atoms with van der Waals surface area (Å²) in [7, 11) is 0. The van der Waals surface area contributed by atoms with Crippen LogP contribution in [0.25, 0.3) is 0 Å². The van der Waals surface area contributed by atoms with E-state index in [-0.39, 0.29) is 94.1 Å². The molecule has 26 heteroatoms. The fraction of sp³-hybridized carbons (Fsp3) is 0.284. The number of para-hydroxylation sites is 6. The summed E-state index contributed by atoms with van der Waals surface area (Å²) in [6, 6.07) is 33.7. The van der Waals surface area contributed by atoms with Gasteiger partial charge in [-0.3, -0.25) is 28.8 Å². The summed E-state index contributed by atoms with van der Waals surface area (Å²) in [4.78, 5) is 156. The van der Waals surface area contributed by atoms with Gasteiger partial charge in [0.25, 0.3) is 0 Å². The normalized spacial score (nSPS) is 10.9. The second-order valence-corrected chi connectivity index (χ2v) is 20.4. The molecule has 0 unspecified atom stereocenters. The van der Waals surface area contributed by atoms with Crippen molar-refractivity contribution in [3.05, 3.63) is 179 Å². The first-order chi connectivity index (χ1) is 44.5. The van der Waals surface area contributed by atoms with Gasteiger partial charge in [-0.25, -0.2) is 28.8 Å². The number of rotatable bonds is 32. The first-order valence-electron chi connectivity index (χ1n) is 28.3. The van der Waals surface area contributed by atoms with E-state index >= 15 is 0 Å². The van der Waals surface area contributed by atoms with Gasteiger partial charge >= 0.3 is 71.6 Å². The molecular weight excluding hydrogens is 1220 g/mol. The number of ether oxygens (including phenoxy) is 14. The van der Waals surface area contributed by atoms with E-state index in [1.54, 1.807) is 0 Å². The minimum Gasteiger partial charge on any atom is -0.461 e. The van der Waals surface area contributed by atoms with Crippen LogP contribution in [-0.4, -0.2) is 138 Å². The van der Waals surface area contributed by atoms with Gasteiger partial charge in [-0.1, -0.05) is 72.8 Å². The van der Waals surface area contributed by atoms with Crippen LogP contribution >= 0.6 is 0 Å². The van der Waals surface area contributed by atoms with Crippen LogP contribution < -0.4 is 28.4 Å². The summed E-state index contributed by atoms with van der Waals surface area (Å²) in [5.74, 6) is -11.9. The predicted molar refractivity (Wildman–Crippen MR) is 319 cm³/mol. The number of hydrogen-bond acceptors (Lipinski definition) is 26. The zero-order valence-corrected chi connectivity index (χ0v) is 51.2. The molecular formula is C67H64O26. The molecule has 0 spiro atoms. The first-order valence-corrected chi connectivity index (χ1v) is 28.3. The minimum absolute atomic E-state index is 0.164. The van der Waals surface area contributed by atoms with Gasteiger partial charge in [0.05, 0.1) is 30.7 Å². The van der Waals surface area contributed by atoms with Crippen molar-refractivity contribution in [3.8, 4) is 34.5 Å². The molecule has 0 saturated carbocycles. The Bertz CT molecular complexity index is 3110. The molecule has 0 bridgehead atoms. The van der Waals surface area contributed by atoms with Crippen LogP contribution in [-0.2, 0) is 66.7 Å². The van der Waals surface area contributed by atoms with Crippen molar-refractivity contribution in [2.24, 2.45) is 10.8 Å². The van der Waals surface area contributed by atoms with Crippen molar-refractivity contribution in [3.63, 3.8) is 0 Å². The number of carbonyl (C=O) groups is 12. The molecule has 6 aromatic rings. The lowest BCUT2D eigenvalue weighted by Gasteiger charge is -2.33. The average molecular weight is 1290 g/mol. The van der Waals surface area contributed by atoms with Gasteiger partial charge in [0, 0.05) is 48.1 Å². The quantitative estimate of drug-likeness (QED) is 0.0167. The molecule has 0 radical (unpaired) electrons. The summed E-state index contributed by atoms with van der Waals surface area (Å²) in [5.41, 5.74) is -4.86. The molecule has 0 aliphatic rings. The van der Waals surface area contributed by atoms with Crippen LogP contribution in [0.5, 0.6) is 34.5 Å². The zero-order chi connectivity index (χ0) is 67.5. The van der Waals surface area contributed by atoms with Gasteiger partial charge in [0.1, 0.15) is 108 Å². The summed E-state index contributed by atoms with van der Waals surface area (Å²) in [5, 5.41) is 0. The molecule has 0 N–H and O–H groups in total. The molecule has 93 heavy (non-hydrogen) atoms. The Hall–Kier alpha value is -11.1. The van der Waals surface area contributed by atoms with Crippen molar-refractivity contribution in [2.75, 3.05) is 66.1 Å². The van der Waals surface area contributed by atoms with E-state index in [1.165, 1.54) is 146 Å². The lowest BCUT2D eigenvalue weighted by molar-refractivity contribution is -0.132. The summed E-state index contributed by atoms with van der Waals surface area (Å²) >= 11 is 0. The molecule has 6 rings (SSSR count). The molecule has 26 nitrogen and oxygen atoms in total. The zero-order valence-electron chi connectivity index (χ0n) is 51.2. The first kappa shape index (κ1) is 71.0. The highest BCUT2D eigenvalue weighted by atomic mass is 16.6. The Kier molecular flexibility index (Phi) is 26.5. The Morgan fingerprint density at radius 3 is 0.656 bits per heavy atom. The monoisotopic (exact) mass is 1280 g/mol. The number of esters is 12. The van der Waals surface area contributed by atoms with Gasteiger partial charge < -0.3 is 66.3 Å². The van der Waals surface area contributed by atoms with Crippen molar-refractivity contribution in [1.82, 2.24) is 0 Å². The molecule has 0 aliphatic carbocycles. The lowest BCUT2D eigenvalue weighted by Crippen LogP contribution is -2.44. The Morgan fingerprint density at radius 2 is 0.441 bits per heavy atom. The van der Waals surface area contributed by atoms with E-state index in [0.717, 1.165) is 41.5 Å². The van der Waals surface area contributed by atoms with Gasteiger partial charge in [0.2, 0.25) is 0 Å². The maximum absolute atomic E-state index is 14.0. The topological polar surface area (TPSA) is 334 Å². The van der Waals surface area contributed by atoms with E-state index < -0.39 is 129 Å². The minimum atomic E-state index is -1.87. The molecule has 0 amide bonds. The summed E-state index contributed by atoms with van der Waals surface area (Å²) in [6.45, 7) is 0.689.